The standard InChI is InChI=1S/C18H22FN5/c1-9-7-11(18(23-21)24-22)8-10(2)16(9)12-3-5-14(19)17-13(12)4-6-15(17)20/h3,5,7-8,15H,4,6,20-22H2,1-2H3,(H,23,24)/t15-/m1/s1. The Kier molecular flexibility index (Phi) is 4.26. The molecule has 2 aromatic rings. The fourth-order valence-corrected chi connectivity index (χ4v) is 3.70. The van der Waals surface area contributed by atoms with E-state index in [-0.39, 0.29) is 11.9 Å². The summed E-state index contributed by atoms with van der Waals surface area (Å²) in [5.41, 5.74) is 15.3. The van der Waals surface area contributed by atoms with Crippen molar-refractivity contribution in [2.75, 3.05) is 0 Å². The number of nitrogens with one attached hydrogen (secondary N) is 1. The third-order valence-electron chi connectivity index (χ3n) is 4.72. The van der Waals surface area contributed by atoms with Crippen molar-refractivity contribution in [3.8, 4) is 11.1 Å². The van der Waals surface area contributed by atoms with Crippen LogP contribution in [0.15, 0.2) is 29.4 Å². The minimum Gasteiger partial charge on any atom is -0.324 e. The van der Waals surface area contributed by atoms with Gasteiger partial charge in [-0.3, -0.25) is 0 Å². The second kappa shape index (κ2) is 6.22. The van der Waals surface area contributed by atoms with Gasteiger partial charge in [0.1, 0.15) is 5.82 Å². The van der Waals surface area contributed by atoms with E-state index in [1.54, 1.807) is 0 Å². The largest absolute Gasteiger partial charge is 0.324 e. The molecule has 0 aliphatic heterocycles. The summed E-state index contributed by atoms with van der Waals surface area (Å²) < 4.78 is 14.2. The summed E-state index contributed by atoms with van der Waals surface area (Å²) in [6.07, 6.45) is 1.57. The SMILES string of the molecule is Cc1cc(/C(=N/N)NN)cc(C)c1-c1ccc(F)c2c1CC[C@H]2N. The summed E-state index contributed by atoms with van der Waals surface area (Å²) >= 11 is 0. The Morgan fingerprint density at radius 1 is 1.25 bits per heavy atom. The molecule has 0 saturated carbocycles. The van der Waals surface area contributed by atoms with Crippen LogP contribution in [0.1, 0.15) is 40.3 Å². The number of hydrazone groups is 1. The number of nitrogens with two attached hydrogens (primary N) is 3. The van der Waals surface area contributed by atoms with E-state index in [0.29, 0.717) is 11.4 Å². The quantitative estimate of drug-likeness (QED) is 0.294. The van der Waals surface area contributed by atoms with E-state index < -0.39 is 0 Å². The van der Waals surface area contributed by atoms with Crippen molar-refractivity contribution >= 4 is 5.84 Å². The van der Waals surface area contributed by atoms with Crippen LogP contribution in [0.3, 0.4) is 0 Å². The van der Waals surface area contributed by atoms with Crippen molar-refractivity contribution in [3.05, 3.63) is 57.9 Å². The molecule has 0 fully saturated rings. The molecule has 0 unspecified atom stereocenters. The first-order valence-corrected chi connectivity index (χ1v) is 7.91. The average molecular weight is 327 g/mol. The second-order valence-corrected chi connectivity index (χ2v) is 6.24. The normalized spacial score (nSPS) is 17.0. The molecule has 5 nitrogen and oxygen atoms in total. The Hall–Kier alpha value is -2.44. The lowest BCUT2D eigenvalue weighted by molar-refractivity contribution is 0.589. The van der Waals surface area contributed by atoms with E-state index in [1.165, 1.54) is 6.07 Å². The maximum absolute atomic E-state index is 14.2. The van der Waals surface area contributed by atoms with Crippen LogP contribution in [0.2, 0.25) is 0 Å². The number of hydrazine groups is 1. The number of fused-ring (bicyclic) bond motifs is 1. The molecule has 0 heterocycles. The topological polar surface area (TPSA) is 102 Å². The van der Waals surface area contributed by atoms with Crippen LogP contribution in [0.25, 0.3) is 11.1 Å². The van der Waals surface area contributed by atoms with E-state index in [2.05, 4.69) is 10.5 Å². The van der Waals surface area contributed by atoms with E-state index in [1.807, 2.05) is 32.0 Å². The van der Waals surface area contributed by atoms with Crippen LogP contribution in [-0.2, 0) is 6.42 Å². The Morgan fingerprint density at radius 3 is 2.50 bits per heavy atom. The number of hydrogen-bond acceptors (Lipinski definition) is 4. The third-order valence-corrected chi connectivity index (χ3v) is 4.72. The zero-order valence-corrected chi connectivity index (χ0v) is 13.9. The fraction of sp³-hybridized carbons (Fsp3) is 0.278. The van der Waals surface area contributed by atoms with Crippen LogP contribution >= 0.6 is 0 Å². The molecule has 126 valence electrons. The number of nitrogens with zero attached hydrogens (tertiary/aromatic N) is 1. The van der Waals surface area contributed by atoms with Gasteiger partial charge in [0.05, 0.1) is 0 Å². The zero-order valence-electron chi connectivity index (χ0n) is 13.9. The molecular weight excluding hydrogens is 305 g/mol. The van der Waals surface area contributed by atoms with Gasteiger partial charge in [-0.2, -0.15) is 5.10 Å². The van der Waals surface area contributed by atoms with Crippen molar-refractivity contribution in [2.45, 2.75) is 32.7 Å². The lowest BCUT2D eigenvalue weighted by Crippen LogP contribution is -2.32. The summed E-state index contributed by atoms with van der Waals surface area (Å²) in [5.74, 6) is 11.0. The lowest BCUT2D eigenvalue weighted by Gasteiger charge is -2.17. The first-order valence-electron chi connectivity index (χ1n) is 7.91. The summed E-state index contributed by atoms with van der Waals surface area (Å²) in [6.45, 7) is 4.03. The molecule has 1 aliphatic rings. The van der Waals surface area contributed by atoms with Crippen LogP contribution in [0.4, 0.5) is 4.39 Å². The van der Waals surface area contributed by atoms with Gasteiger partial charge in [-0.25, -0.2) is 10.2 Å². The maximum Gasteiger partial charge on any atom is 0.166 e. The summed E-state index contributed by atoms with van der Waals surface area (Å²) in [7, 11) is 0. The molecule has 7 N–H and O–H groups in total. The summed E-state index contributed by atoms with van der Waals surface area (Å²) in [5, 5.41) is 3.66. The van der Waals surface area contributed by atoms with Crippen molar-refractivity contribution in [2.24, 2.45) is 22.5 Å². The molecule has 0 aromatic heterocycles. The highest BCUT2D eigenvalue weighted by Gasteiger charge is 2.26. The van der Waals surface area contributed by atoms with Crippen molar-refractivity contribution in [1.82, 2.24) is 5.43 Å². The molecule has 0 saturated heterocycles. The molecule has 1 aliphatic carbocycles. The van der Waals surface area contributed by atoms with Crippen molar-refractivity contribution in [3.63, 3.8) is 0 Å². The van der Waals surface area contributed by atoms with Gasteiger partial charge in [0.2, 0.25) is 0 Å². The first-order chi connectivity index (χ1) is 11.5. The molecule has 0 amide bonds. The van der Waals surface area contributed by atoms with E-state index in [0.717, 1.165) is 46.2 Å². The van der Waals surface area contributed by atoms with Crippen LogP contribution in [0.5, 0.6) is 0 Å². The summed E-state index contributed by atoms with van der Waals surface area (Å²) in [6, 6.07) is 7.08. The van der Waals surface area contributed by atoms with Crippen molar-refractivity contribution in [1.29, 1.82) is 0 Å². The highest BCUT2D eigenvalue weighted by molar-refractivity contribution is 5.99. The lowest BCUT2D eigenvalue weighted by atomic mass is 9.89. The highest BCUT2D eigenvalue weighted by Crippen LogP contribution is 2.40. The van der Waals surface area contributed by atoms with Gasteiger partial charge >= 0.3 is 0 Å². The van der Waals surface area contributed by atoms with Gasteiger partial charge in [-0.15, -0.1) is 0 Å². The average Bonchev–Trinajstić information content (AvgIpc) is 2.93. The third kappa shape index (κ3) is 2.53. The number of hydrogen-bond donors (Lipinski definition) is 4. The second-order valence-electron chi connectivity index (χ2n) is 6.24. The number of halogens is 1. The molecular formula is C18H22FN5. The molecule has 1 atom stereocenters. The minimum absolute atomic E-state index is 0.212. The molecule has 0 radical (unpaired) electrons. The number of rotatable bonds is 2. The van der Waals surface area contributed by atoms with Gasteiger partial charge in [0, 0.05) is 17.2 Å². The van der Waals surface area contributed by atoms with E-state index >= 15 is 0 Å². The monoisotopic (exact) mass is 327 g/mol. The first kappa shape index (κ1) is 16.4. The Bertz CT molecular complexity index is 805. The molecule has 24 heavy (non-hydrogen) atoms. The van der Waals surface area contributed by atoms with Gasteiger partial charge in [0.25, 0.3) is 0 Å². The predicted molar refractivity (Wildman–Crippen MR) is 94.6 cm³/mol. The number of benzene rings is 2. The molecule has 3 rings (SSSR count). The highest BCUT2D eigenvalue weighted by atomic mass is 19.1. The van der Waals surface area contributed by atoms with Gasteiger partial charge < -0.3 is 17.0 Å². The number of aryl methyl sites for hydroxylation is 2. The van der Waals surface area contributed by atoms with Crippen molar-refractivity contribution < 1.29 is 4.39 Å². The fourth-order valence-electron chi connectivity index (χ4n) is 3.70. The molecule has 0 spiro atoms. The van der Waals surface area contributed by atoms with Crippen LogP contribution in [-0.4, -0.2) is 5.84 Å². The van der Waals surface area contributed by atoms with Gasteiger partial charge in [0.15, 0.2) is 5.84 Å². The smallest absolute Gasteiger partial charge is 0.166 e. The van der Waals surface area contributed by atoms with E-state index in [9.17, 15) is 4.39 Å². The predicted octanol–water partition coefficient (Wildman–Crippen LogP) is 2.14. The van der Waals surface area contributed by atoms with Crippen LogP contribution in [0, 0.1) is 19.7 Å². The minimum atomic E-state index is -0.225. The molecule has 0 bridgehead atoms. The zero-order chi connectivity index (χ0) is 17.4. The van der Waals surface area contributed by atoms with Gasteiger partial charge in [-0.1, -0.05) is 6.07 Å². The van der Waals surface area contributed by atoms with Gasteiger partial charge in [-0.05, 0) is 72.7 Å². The number of amidine groups is 1. The summed E-state index contributed by atoms with van der Waals surface area (Å²) in [4.78, 5) is 0. The Balaban J connectivity index is 2.19. The maximum atomic E-state index is 14.2. The Labute approximate surface area is 140 Å². The Morgan fingerprint density at radius 2 is 1.92 bits per heavy atom. The van der Waals surface area contributed by atoms with E-state index in [4.69, 9.17) is 17.4 Å². The van der Waals surface area contributed by atoms with Crippen LogP contribution < -0.4 is 22.8 Å². The molecule has 6 heteroatoms. The molecule has 2 aromatic carbocycles.